The van der Waals surface area contributed by atoms with Crippen molar-refractivity contribution < 1.29 is 4.79 Å². The Balaban J connectivity index is 1.51. The lowest BCUT2D eigenvalue weighted by molar-refractivity contribution is 0.102. The fraction of sp³-hybridized carbons (Fsp3) is 0.0909. The topological polar surface area (TPSA) is 72.2 Å². The number of aromatic nitrogens is 4. The van der Waals surface area contributed by atoms with Crippen LogP contribution in [0.25, 0.3) is 26.3 Å². The molecule has 1 N–H and O–H groups in total. The molecule has 0 unspecified atom stereocenters. The van der Waals surface area contributed by atoms with E-state index in [1.54, 1.807) is 10.6 Å². The van der Waals surface area contributed by atoms with Crippen LogP contribution in [0.5, 0.6) is 0 Å². The molecule has 5 aromatic rings. The van der Waals surface area contributed by atoms with Gasteiger partial charge in [-0.1, -0.05) is 59.3 Å². The van der Waals surface area contributed by atoms with Gasteiger partial charge in [0.2, 0.25) is 4.96 Å². The van der Waals surface area contributed by atoms with E-state index in [0.29, 0.717) is 10.6 Å². The van der Waals surface area contributed by atoms with E-state index in [4.69, 9.17) is 11.6 Å². The molecule has 0 radical (unpaired) electrons. The van der Waals surface area contributed by atoms with Crippen molar-refractivity contribution >= 4 is 50.3 Å². The number of nitrogens with one attached hydrogen (secondary N) is 1. The third kappa shape index (κ3) is 3.12. The molecule has 2 heterocycles. The molecule has 1 amide bonds. The zero-order valence-corrected chi connectivity index (χ0v) is 17.8. The summed E-state index contributed by atoms with van der Waals surface area (Å²) < 4.78 is 1.72. The Morgan fingerprint density at radius 1 is 1.03 bits per heavy atom. The van der Waals surface area contributed by atoms with Gasteiger partial charge < -0.3 is 5.32 Å². The predicted molar refractivity (Wildman–Crippen MR) is 120 cm³/mol. The van der Waals surface area contributed by atoms with Gasteiger partial charge in [-0.05, 0) is 43.0 Å². The predicted octanol–water partition coefficient (Wildman–Crippen LogP) is 5.53. The zero-order chi connectivity index (χ0) is 20.8. The van der Waals surface area contributed by atoms with Gasteiger partial charge >= 0.3 is 0 Å². The Kier molecular flexibility index (Phi) is 4.49. The summed E-state index contributed by atoms with van der Waals surface area (Å²) in [6.45, 7) is 3.82. The molecule has 0 saturated heterocycles. The molecule has 5 rings (SSSR count). The van der Waals surface area contributed by atoms with Gasteiger partial charge in [-0.15, -0.1) is 10.2 Å². The molecule has 30 heavy (non-hydrogen) atoms. The van der Waals surface area contributed by atoms with Crippen molar-refractivity contribution in [3.8, 4) is 10.6 Å². The molecule has 0 aliphatic carbocycles. The van der Waals surface area contributed by atoms with E-state index >= 15 is 0 Å². The molecule has 0 aliphatic heterocycles. The van der Waals surface area contributed by atoms with Crippen LogP contribution in [-0.4, -0.2) is 25.7 Å². The molecular formula is C22H16ClN5OS. The minimum absolute atomic E-state index is 0.183. The first-order chi connectivity index (χ1) is 14.5. The number of amides is 1. The summed E-state index contributed by atoms with van der Waals surface area (Å²) in [4.78, 5) is 13.8. The maximum atomic E-state index is 13.1. The van der Waals surface area contributed by atoms with Gasteiger partial charge in [0.05, 0.1) is 0 Å². The van der Waals surface area contributed by atoms with Crippen molar-refractivity contribution in [2.45, 2.75) is 13.8 Å². The second-order valence-electron chi connectivity index (χ2n) is 6.97. The largest absolute Gasteiger partial charge is 0.322 e. The fourth-order valence-electron chi connectivity index (χ4n) is 3.38. The number of hydrogen-bond donors (Lipinski definition) is 1. The number of hydrogen-bond acceptors (Lipinski definition) is 5. The molecule has 0 fully saturated rings. The van der Waals surface area contributed by atoms with E-state index in [9.17, 15) is 4.79 Å². The second kappa shape index (κ2) is 7.19. The maximum absolute atomic E-state index is 13.1. The summed E-state index contributed by atoms with van der Waals surface area (Å²) in [6.07, 6.45) is 0. The summed E-state index contributed by atoms with van der Waals surface area (Å²) in [5.41, 5.74) is 3.18. The van der Waals surface area contributed by atoms with Crippen molar-refractivity contribution in [1.29, 1.82) is 0 Å². The van der Waals surface area contributed by atoms with Crippen molar-refractivity contribution in [3.63, 3.8) is 0 Å². The normalized spacial score (nSPS) is 11.3. The Morgan fingerprint density at radius 2 is 1.83 bits per heavy atom. The minimum Gasteiger partial charge on any atom is -0.322 e. The molecule has 0 saturated carbocycles. The SMILES string of the molecule is Cc1ccc(-c2nn3c(C)nnc3s2)cc1NC(=O)c1cccc2c(Cl)cccc12. The van der Waals surface area contributed by atoms with Crippen LogP contribution in [0.2, 0.25) is 5.02 Å². The molecule has 0 bridgehead atoms. The smallest absolute Gasteiger partial charge is 0.256 e. The van der Waals surface area contributed by atoms with Crippen LogP contribution in [0.1, 0.15) is 21.7 Å². The number of anilines is 1. The second-order valence-corrected chi connectivity index (χ2v) is 8.34. The highest BCUT2D eigenvalue weighted by Crippen LogP contribution is 2.30. The molecule has 0 aliphatic rings. The highest BCUT2D eigenvalue weighted by Gasteiger charge is 2.15. The standard InChI is InChI=1S/C22H16ClN5OS/c1-12-9-10-14(21-27-28-13(2)25-26-22(28)30-21)11-19(12)24-20(29)17-7-3-6-16-15(17)5-4-8-18(16)23/h3-11H,1-2H3,(H,24,29). The van der Waals surface area contributed by atoms with Gasteiger partial charge in [0.25, 0.3) is 5.91 Å². The van der Waals surface area contributed by atoms with Crippen molar-refractivity contribution in [2.75, 3.05) is 5.32 Å². The van der Waals surface area contributed by atoms with E-state index in [1.807, 2.05) is 62.4 Å². The lowest BCUT2D eigenvalue weighted by Gasteiger charge is -2.12. The summed E-state index contributed by atoms with van der Waals surface area (Å²) in [7, 11) is 0. The average Bonchev–Trinajstić information content (AvgIpc) is 3.32. The quantitative estimate of drug-likeness (QED) is 0.406. The van der Waals surface area contributed by atoms with E-state index in [1.165, 1.54) is 11.3 Å². The van der Waals surface area contributed by atoms with Gasteiger partial charge in [0.15, 0.2) is 5.82 Å². The lowest BCUT2D eigenvalue weighted by atomic mass is 10.0. The molecule has 8 heteroatoms. The molecule has 3 aromatic carbocycles. The fourth-order valence-corrected chi connectivity index (χ4v) is 4.50. The number of rotatable bonds is 3. The summed E-state index contributed by atoms with van der Waals surface area (Å²) >= 11 is 7.75. The number of halogens is 1. The van der Waals surface area contributed by atoms with Gasteiger partial charge in [-0.3, -0.25) is 4.79 Å². The van der Waals surface area contributed by atoms with Crippen molar-refractivity contribution in [2.24, 2.45) is 0 Å². The van der Waals surface area contributed by atoms with Crippen LogP contribution in [0, 0.1) is 13.8 Å². The van der Waals surface area contributed by atoms with Gasteiger partial charge in [-0.25, -0.2) is 0 Å². The molecule has 0 spiro atoms. The minimum atomic E-state index is -0.183. The van der Waals surface area contributed by atoms with E-state index in [2.05, 4.69) is 20.6 Å². The molecule has 148 valence electrons. The molecule has 6 nitrogen and oxygen atoms in total. The third-order valence-corrected chi connectivity index (χ3v) is 6.27. The molecule has 0 atom stereocenters. The molecular weight excluding hydrogens is 418 g/mol. The van der Waals surface area contributed by atoms with Crippen LogP contribution < -0.4 is 5.32 Å². The number of fused-ring (bicyclic) bond motifs is 2. The summed E-state index contributed by atoms with van der Waals surface area (Å²) in [6, 6.07) is 17.0. The third-order valence-electron chi connectivity index (χ3n) is 4.99. The van der Waals surface area contributed by atoms with E-state index < -0.39 is 0 Å². The van der Waals surface area contributed by atoms with Gasteiger partial charge in [0.1, 0.15) is 5.01 Å². The number of nitrogens with zero attached hydrogens (tertiary/aromatic N) is 4. The van der Waals surface area contributed by atoms with Gasteiger partial charge in [-0.2, -0.15) is 9.61 Å². The van der Waals surface area contributed by atoms with Gasteiger partial charge in [0, 0.05) is 27.2 Å². The number of carbonyl (C=O) groups excluding carboxylic acids is 1. The average molecular weight is 434 g/mol. The van der Waals surface area contributed by atoms with E-state index in [0.717, 1.165) is 43.4 Å². The Bertz CT molecular complexity index is 1440. The molecule has 2 aromatic heterocycles. The van der Waals surface area contributed by atoms with Crippen molar-refractivity contribution in [1.82, 2.24) is 19.8 Å². The van der Waals surface area contributed by atoms with Crippen LogP contribution in [0.15, 0.2) is 54.6 Å². The lowest BCUT2D eigenvalue weighted by Crippen LogP contribution is -2.13. The first-order valence-electron chi connectivity index (χ1n) is 9.30. The zero-order valence-electron chi connectivity index (χ0n) is 16.2. The number of carbonyl (C=O) groups is 1. The Hall–Kier alpha value is -3.29. The van der Waals surface area contributed by atoms with Crippen LogP contribution in [0.3, 0.4) is 0 Å². The Labute approximate surface area is 181 Å². The Morgan fingerprint density at radius 3 is 2.67 bits per heavy atom. The van der Waals surface area contributed by atoms with Crippen LogP contribution in [0.4, 0.5) is 5.69 Å². The summed E-state index contributed by atoms with van der Waals surface area (Å²) in [5.74, 6) is 0.555. The van der Waals surface area contributed by atoms with Crippen molar-refractivity contribution in [3.05, 3.63) is 76.6 Å². The first kappa shape index (κ1) is 18.7. The number of aryl methyl sites for hydroxylation is 2. The highest BCUT2D eigenvalue weighted by atomic mass is 35.5. The summed E-state index contributed by atoms with van der Waals surface area (Å²) in [5, 5.41) is 18.9. The van der Waals surface area contributed by atoms with E-state index in [-0.39, 0.29) is 5.91 Å². The van der Waals surface area contributed by atoms with Crippen LogP contribution >= 0.6 is 22.9 Å². The number of benzene rings is 3. The monoisotopic (exact) mass is 433 g/mol. The highest BCUT2D eigenvalue weighted by molar-refractivity contribution is 7.19. The maximum Gasteiger partial charge on any atom is 0.256 e. The first-order valence-corrected chi connectivity index (χ1v) is 10.5. The van der Waals surface area contributed by atoms with Crippen LogP contribution in [-0.2, 0) is 0 Å².